The van der Waals surface area contributed by atoms with Crippen LogP contribution in [0, 0.1) is 13.8 Å². The van der Waals surface area contributed by atoms with Crippen LogP contribution >= 0.6 is 0 Å². The lowest BCUT2D eigenvalue weighted by molar-refractivity contribution is -0.125. The van der Waals surface area contributed by atoms with E-state index in [-0.39, 0.29) is 18.1 Å². The molecule has 6 heteroatoms. The van der Waals surface area contributed by atoms with E-state index in [1.807, 2.05) is 25.6 Å². The number of rotatable bonds is 7. The van der Waals surface area contributed by atoms with Crippen molar-refractivity contribution in [3.63, 3.8) is 0 Å². The Hall–Kier alpha value is -1.66. The highest BCUT2D eigenvalue weighted by molar-refractivity contribution is 5.76. The summed E-state index contributed by atoms with van der Waals surface area (Å²) in [5, 5.41) is 7.49. The first-order valence-electron chi connectivity index (χ1n) is 8.99. The Morgan fingerprint density at radius 3 is 2.84 bits per heavy atom. The van der Waals surface area contributed by atoms with Crippen LogP contribution < -0.4 is 5.32 Å². The second-order valence-corrected chi connectivity index (χ2v) is 6.96. The molecule has 1 fully saturated rings. The van der Waals surface area contributed by atoms with Gasteiger partial charge in [0.15, 0.2) is 0 Å². The van der Waals surface area contributed by atoms with Gasteiger partial charge in [-0.1, -0.05) is 11.6 Å². The summed E-state index contributed by atoms with van der Waals surface area (Å²) in [6.07, 6.45) is 4.03. The molecule has 0 radical (unpaired) electrons. The number of hydrogen-bond acceptors (Lipinski definition) is 4. The summed E-state index contributed by atoms with van der Waals surface area (Å²) in [5.74, 6) is 0.0361. The maximum Gasteiger partial charge on any atom is 0.220 e. The Bertz CT molecular complexity index is 618. The molecule has 1 amide bonds. The van der Waals surface area contributed by atoms with Gasteiger partial charge in [-0.15, -0.1) is 0 Å². The molecule has 1 saturated heterocycles. The normalized spacial score (nSPS) is 20.4. The second kappa shape index (κ2) is 9.15. The summed E-state index contributed by atoms with van der Waals surface area (Å²) in [5.41, 5.74) is 4.51. The Morgan fingerprint density at radius 2 is 2.20 bits per heavy atom. The van der Waals surface area contributed by atoms with E-state index in [0.717, 1.165) is 23.4 Å². The van der Waals surface area contributed by atoms with E-state index in [0.29, 0.717) is 32.7 Å². The molecule has 0 bridgehead atoms. The first kappa shape index (κ1) is 19.7. The molecule has 1 N–H and O–H groups in total. The fourth-order valence-electron chi connectivity index (χ4n) is 3.09. The summed E-state index contributed by atoms with van der Waals surface area (Å²) in [6, 6.07) is -0.0806. The summed E-state index contributed by atoms with van der Waals surface area (Å²) in [7, 11) is 1.93. The van der Waals surface area contributed by atoms with E-state index in [1.165, 1.54) is 5.57 Å². The molecule has 25 heavy (non-hydrogen) atoms. The van der Waals surface area contributed by atoms with Gasteiger partial charge in [0, 0.05) is 25.8 Å². The van der Waals surface area contributed by atoms with Gasteiger partial charge in [0.1, 0.15) is 0 Å². The zero-order valence-electron chi connectivity index (χ0n) is 16.1. The van der Waals surface area contributed by atoms with Gasteiger partial charge >= 0.3 is 0 Å². The maximum absolute atomic E-state index is 12.4. The number of aromatic nitrogens is 2. The van der Waals surface area contributed by atoms with Crippen LogP contribution in [0.15, 0.2) is 11.6 Å². The van der Waals surface area contributed by atoms with Crippen LogP contribution in [0.3, 0.4) is 0 Å². The number of aryl methyl sites for hydroxylation is 2. The Balaban J connectivity index is 1.85. The SMILES string of the molecule is CC(C)=CCO[C@H]1CCOC[C@H]1NC(=O)CCc1c(C)nn(C)c1C. The first-order chi connectivity index (χ1) is 11.9. The molecule has 0 spiro atoms. The van der Waals surface area contributed by atoms with Gasteiger partial charge in [-0.05, 0) is 46.1 Å². The Labute approximate surface area is 150 Å². The molecule has 0 unspecified atom stereocenters. The molecule has 2 atom stereocenters. The van der Waals surface area contributed by atoms with Gasteiger partial charge in [-0.25, -0.2) is 0 Å². The molecule has 1 aliphatic heterocycles. The number of carbonyl (C=O) groups excluding carboxylic acids is 1. The van der Waals surface area contributed by atoms with Crippen molar-refractivity contribution in [1.82, 2.24) is 15.1 Å². The van der Waals surface area contributed by atoms with E-state index in [9.17, 15) is 4.79 Å². The molecule has 0 saturated carbocycles. The van der Waals surface area contributed by atoms with E-state index >= 15 is 0 Å². The van der Waals surface area contributed by atoms with E-state index in [4.69, 9.17) is 9.47 Å². The smallest absolute Gasteiger partial charge is 0.220 e. The third-order valence-corrected chi connectivity index (χ3v) is 4.70. The van der Waals surface area contributed by atoms with Crippen LogP contribution in [-0.2, 0) is 27.7 Å². The highest BCUT2D eigenvalue weighted by atomic mass is 16.5. The molecule has 0 aliphatic carbocycles. The van der Waals surface area contributed by atoms with Gasteiger partial charge in [0.2, 0.25) is 5.91 Å². The first-order valence-corrected chi connectivity index (χ1v) is 8.99. The summed E-state index contributed by atoms with van der Waals surface area (Å²) in [6.45, 7) is 9.89. The van der Waals surface area contributed by atoms with E-state index < -0.39 is 0 Å². The minimum absolute atomic E-state index is 0.00941. The highest BCUT2D eigenvalue weighted by Gasteiger charge is 2.27. The Morgan fingerprint density at radius 1 is 1.44 bits per heavy atom. The Kier molecular flexibility index (Phi) is 7.20. The lowest BCUT2D eigenvalue weighted by atomic mass is 10.0. The molecule has 1 aromatic rings. The standard InChI is InChI=1S/C19H31N3O3/c1-13(2)8-11-25-18-9-10-24-12-17(18)20-19(23)7-6-16-14(3)21-22(5)15(16)4/h8,17-18H,6-7,9-12H2,1-5H3,(H,20,23)/t17-,18+/m1/s1. The fraction of sp³-hybridized carbons (Fsp3) is 0.684. The highest BCUT2D eigenvalue weighted by Crippen LogP contribution is 2.15. The maximum atomic E-state index is 12.4. The van der Waals surface area contributed by atoms with Crippen molar-refractivity contribution in [1.29, 1.82) is 0 Å². The number of nitrogens with one attached hydrogen (secondary N) is 1. The lowest BCUT2D eigenvalue weighted by Crippen LogP contribution is -2.50. The fourth-order valence-corrected chi connectivity index (χ4v) is 3.09. The number of ether oxygens (including phenoxy) is 2. The molecular formula is C19H31N3O3. The summed E-state index contributed by atoms with van der Waals surface area (Å²) in [4.78, 5) is 12.4. The topological polar surface area (TPSA) is 65.4 Å². The number of allylic oxidation sites excluding steroid dienone is 1. The number of hydrogen-bond donors (Lipinski definition) is 1. The summed E-state index contributed by atoms with van der Waals surface area (Å²) < 4.78 is 13.3. The average Bonchev–Trinajstić information content (AvgIpc) is 2.79. The number of carbonyl (C=O) groups is 1. The predicted molar refractivity (Wildman–Crippen MR) is 97.5 cm³/mol. The molecule has 1 aromatic heterocycles. The molecule has 140 valence electrons. The van der Waals surface area contributed by atoms with Crippen molar-refractivity contribution in [2.75, 3.05) is 19.8 Å². The van der Waals surface area contributed by atoms with E-state index in [2.05, 4.69) is 30.3 Å². The number of amides is 1. The number of nitrogens with zero attached hydrogens (tertiary/aromatic N) is 2. The van der Waals surface area contributed by atoms with Gasteiger partial charge in [0.05, 0.1) is 31.1 Å². The molecule has 1 aliphatic rings. The van der Waals surface area contributed by atoms with Crippen LogP contribution in [0.5, 0.6) is 0 Å². The largest absolute Gasteiger partial charge is 0.379 e. The minimum atomic E-state index is -0.0806. The van der Waals surface area contributed by atoms with Crippen LogP contribution in [0.1, 0.15) is 43.6 Å². The van der Waals surface area contributed by atoms with Crippen molar-refractivity contribution >= 4 is 5.91 Å². The van der Waals surface area contributed by atoms with Crippen molar-refractivity contribution in [3.05, 3.63) is 28.6 Å². The van der Waals surface area contributed by atoms with Crippen molar-refractivity contribution < 1.29 is 14.3 Å². The van der Waals surface area contributed by atoms with Crippen LogP contribution in [0.25, 0.3) is 0 Å². The zero-order chi connectivity index (χ0) is 18.4. The van der Waals surface area contributed by atoms with E-state index in [1.54, 1.807) is 0 Å². The third-order valence-electron chi connectivity index (χ3n) is 4.70. The van der Waals surface area contributed by atoms with Crippen molar-refractivity contribution in [2.24, 2.45) is 7.05 Å². The van der Waals surface area contributed by atoms with Gasteiger partial charge in [-0.2, -0.15) is 5.10 Å². The lowest BCUT2D eigenvalue weighted by Gasteiger charge is -2.32. The van der Waals surface area contributed by atoms with Gasteiger partial charge in [-0.3, -0.25) is 9.48 Å². The molecule has 6 nitrogen and oxygen atoms in total. The quantitative estimate of drug-likeness (QED) is 0.767. The van der Waals surface area contributed by atoms with Gasteiger partial charge in [0.25, 0.3) is 0 Å². The predicted octanol–water partition coefficient (Wildman–Crippen LogP) is 2.23. The zero-order valence-corrected chi connectivity index (χ0v) is 16.1. The van der Waals surface area contributed by atoms with Crippen molar-refractivity contribution in [3.8, 4) is 0 Å². The molecule has 2 heterocycles. The summed E-state index contributed by atoms with van der Waals surface area (Å²) >= 11 is 0. The van der Waals surface area contributed by atoms with Gasteiger partial charge < -0.3 is 14.8 Å². The van der Waals surface area contributed by atoms with Crippen molar-refractivity contribution in [2.45, 2.75) is 59.1 Å². The molecule has 0 aromatic carbocycles. The third kappa shape index (κ3) is 5.68. The minimum Gasteiger partial charge on any atom is -0.379 e. The molecule has 2 rings (SSSR count). The monoisotopic (exact) mass is 349 g/mol. The molecular weight excluding hydrogens is 318 g/mol. The average molecular weight is 349 g/mol. The van der Waals surface area contributed by atoms with Crippen LogP contribution in [0.2, 0.25) is 0 Å². The van der Waals surface area contributed by atoms with Crippen LogP contribution in [-0.4, -0.2) is 47.7 Å². The second-order valence-electron chi connectivity index (χ2n) is 6.96. The van der Waals surface area contributed by atoms with Crippen LogP contribution in [0.4, 0.5) is 0 Å².